The molecule has 0 saturated heterocycles. The van der Waals surface area contributed by atoms with Crippen LogP contribution in [0, 0.1) is 6.92 Å². The third kappa shape index (κ3) is 4.25. The molecule has 0 fully saturated rings. The lowest BCUT2D eigenvalue weighted by molar-refractivity contribution is 0.0953. The van der Waals surface area contributed by atoms with Crippen LogP contribution in [0.15, 0.2) is 90.0 Å². The molecule has 0 aliphatic carbocycles. The van der Waals surface area contributed by atoms with Crippen molar-refractivity contribution in [1.82, 2.24) is 29.3 Å². The summed E-state index contributed by atoms with van der Waals surface area (Å²) in [7, 11) is 0. The van der Waals surface area contributed by atoms with E-state index in [1.54, 1.807) is 29.2 Å². The zero-order chi connectivity index (χ0) is 23.5. The van der Waals surface area contributed by atoms with E-state index in [4.69, 9.17) is 5.10 Å². The first-order valence-corrected chi connectivity index (χ1v) is 11.1. The standard InChI is InChI=1S/C26H24N6O2/c1-19-9-7-10-20(17-19)24-22(18-32(29-24)21-11-3-2-4-12-21)25(33)27-14-8-16-31-26(34)30-15-6-5-13-23(30)28-31/h2-7,9-13,15,17-18H,8,14,16H2,1H3,(H,27,33). The molecule has 0 radical (unpaired) electrons. The Balaban J connectivity index is 1.33. The molecule has 8 heteroatoms. The Morgan fingerprint density at radius 1 is 0.971 bits per heavy atom. The zero-order valence-corrected chi connectivity index (χ0v) is 18.8. The molecule has 3 heterocycles. The van der Waals surface area contributed by atoms with Crippen LogP contribution in [0.3, 0.4) is 0 Å². The van der Waals surface area contributed by atoms with Crippen molar-refractivity contribution in [3.63, 3.8) is 0 Å². The topological polar surface area (TPSA) is 86.2 Å². The second kappa shape index (κ2) is 9.19. The molecule has 0 unspecified atom stereocenters. The van der Waals surface area contributed by atoms with Crippen molar-refractivity contribution >= 4 is 11.6 Å². The number of fused-ring (bicyclic) bond motifs is 1. The molecule has 5 rings (SSSR count). The van der Waals surface area contributed by atoms with Crippen LogP contribution in [-0.2, 0) is 6.54 Å². The van der Waals surface area contributed by atoms with E-state index in [9.17, 15) is 9.59 Å². The Labute approximate surface area is 196 Å². The number of carbonyl (C=O) groups excluding carboxylic acids is 1. The van der Waals surface area contributed by atoms with Gasteiger partial charge in [0.1, 0.15) is 5.69 Å². The summed E-state index contributed by atoms with van der Waals surface area (Å²) < 4.78 is 4.65. The summed E-state index contributed by atoms with van der Waals surface area (Å²) in [6.45, 7) is 2.83. The minimum Gasteiger partial charge on any atom is -0.352 e. The molecule has 0 saturated carbocycles. The number of carbonyl (C=O) groups is 1. The normalized spacial score (nSPS) is 11.1. The van der Waals surface area contributed by atoms with Crippen molar-refractivity contribution in [3.8, 4) is 16.9 Å². The number of benzene rings is 2. The average molecular weight is 453 g/mol. The highest BCUT2D eigenvalue weighted by Gasteiger charge is 2.18. The van der Waals surface area contributed by atoms with Gasteiger partial charge in [0.05, 0.1) is 11.3 Å². The number of nitrogens with one attached hydrogen (secondary N) is 1. The third-order valence-corrected chi connectivity index (χ3v) is 5.59. The van der Waals surface area contributed by atoms with Crippen molar-refractivity contribution in [1.29, 1.82) is 0 Å². The van der Waals surface area contributed by atoms with E-state index < -0.39 is 0 Å². The van der Waals surface area contributed by atoms with Crippen molar-refractivity contribution in [3.05, 3.63) is 107 Å². The molecular formula is C26H24N6O2. The van der Waals surface area contributed by atoms with Crippen LogP contribution in [0.1, 0.15) is 22.3 Å². The van der Waals surface area contributed by atoms with Crippen LogP contribution < -0.4 is 11.0 Å². The molecule has 1 N–H and O–H groups in total. The highest BCUT2D eigenvalue weighted by Crippen LogP contribution is 2.24. The maximum absolute atomic E-state index is 13.1. The Morgan fingerprint density at radius 3 is 2.59 bits per heavy atom. The smallest absolute Gasteiger partial charge is 0.350 e. The number of aromatic nitrogens is 5. The van der Waals surface area contributed by atoms with Gasteiger partial charge in [-0.2, -0.15) is 5.10 Å². The highest BCUT2D eigenvalue weighted by molar-refractivity contribution is 6.00. The van der Waals surface area contributed by atoms with E-state index in [1.165, 1.54) is 9.08 Å². The van der Waals surface area contributed by atoms with Crippen LogP contribution in [0.25, 0.3) is 22.6 Å². The van der Waals surface area contributed by atoms with Gasteiger partial charge in [-0.3, -0.25) is 9.20 Å². The molecule has 0 aliphatic heterocycles. The fraction of sp³-hybridized carbons (Fsp3) is 0.154. The third-order valence-electron chi connectivity index (χ3n) is 5.59. The van der Waals surface area contributed by atoms with E-state index >= 15 is 0 Å². The molecular weight excluding hydrogens is 428 g/mol. The number of amides is 1. The predicted molar refractivity (Wildman–Crippen MR) is 130 cm³/mol. The molecule has 34 heavy (non-hydrogen) atoms. The van der Waals surface area contributed by atoms with Gasteiger partial charge in [-0.05, 0) is 43.7 Å². The first-order chi connectivity index (χ1) is 16.6. The lowest BCUT2D eigenvalue weighted by Gasteiger charge is -2.06. The number of rotatable bonds is 7. The first kappa shape index (κ1) is 21.4. The molecule has 3 aromatic heterocycles. The molecule has 8 nitrogen and oxygen atoms in total. The van der Waals surface area contributed by atoms with Crippen LogP contribution >= 0.6 is 0 Å². The van der Waals surface area contributed by atoms with Gasteiger partial charge in [0, 0.05) is 31.0 Å². The lowest BCUT2D eigenvalue weighted by atomic mass is 10.1. The van der Waals surface area contributed by atoms with Gasteiger partial charge >= 0.3 is 5.69 Å². The Bertz CT molecular complexity index is 1510. The SMILES string of the molecule is Cc1cccc(-c2nn(-c3ccccc3)cc2C(=O)NCCCn2nc3ccccn3c2=O)c1. The fourth-order valence-corrected chi connectivity index (χ4v) is 3.90. The van der Waals surface area contributed by atoms with Crippen LogP contribution in [0.2, 0.25) is 0 Å². The van der Waals surface area contributed by atoms with E-state index in [0.29, 0.717) is 36.4 Å². The van der Waals surface area contributed by atoms with Crippen molar-refractivity contribution in [2.45, 2.75) is 19.9 Å². The van der Waals surface area contributed by atoms with Crippen LogP contribution in [0.5, 0.6) is 0 Å². The fourth-order valence-electron chi connectivity index (χ4n) is 3.90. The summed E-state index contributed by atoms with van der Waals surface area (Å²) >= 11 is 0. The summed E-state index contributed by atoms with van der Waals surface area (Å²) in [5, 5.41) is 12.0. The van der Waals surface area contributed by atoms with Gasteiger partial charge in [0.15, 0.2) is 5.65 Å². The zero-order valence-electron chi connectivity index (χ0n) is 18.8. The summed E-state index contributed by atoms with van der Waals surface area (Å²) in [6.07, 6.45) is 4.03. The largest absolute Gasteiger partial charge is 0.352 e. The van der Waals surface area contributed by atoms with Crippen LogP contribution in [0.4, 0.5) is 0 Å². The number of aryl methyl sites for hydroxylation is 2. The monoisotopic (exact) mass is 452 g/mol. The Kier molecular flexibility index (Phi) is 5.78. The van der Waals surface area contributed by atoms with E-state index in [-0.39, 0.29) is 11.6 Å². The van der Waals surface area contributed by atoms with Crippen LogP contribution in [-0.4, -0.2) is 36.4 Å². The summed E-state index contributed by atoms with van der Waals surface area (Å²) in [4.78, 5) is 25.5. The molecule has 0 atom stereocenters. The Hall–Kier alpha value is -4.46. The first-order valence-electron chi connectivity index (χ1n) is 11.1. The van der Waals surface area contributed by atoms with E-state index in [0.717, 1.165) is 16.8 Å². The lowest BCUT2D eigenvalue weighted by Crippen LogP contribution is -2.27. The summed E-state index contributed by atoms with van der Waals surface area (Å²) in [6, 6.07) is 23.1. The van der Waals surface area contributed by atoms with Gasteiger partial charge in [-0.25, -0.2) is 14.2 Å². The number of para-hydroxylation sites is 1. The van der Waals surface area contributed by atoms with Gasteiger partial charge in [-0.1, -0.05) is 48.0 Å². The molecule has 2 aromatic carbocycles. The molecule has 0 aliphatic rings. The van der Waals surface area contributed by atoms with Crippen molar-refractivity contribution in [2.75, 3.05) is 6.54 Å². The maximum Gasteiger partial charge on any atom is 0.350 e. The molecule has 5 aromatic rings. The number of nitrogens with zero attached hydrogens (tertiary/aromatic N) is 5. The van der Waals surface area contributed by atoms with Gasteiger partial charge in [-0.15, -0.1) is 5.10 Å². The average Bonchev–Trinajstić information content (AvgIpc) is 3.45. The molecule has 1 amide bonds. The summed E-state index contributed by atoms with van der Waals surface area (Å²) in [5.41, 5.74) is 4.40. The molecule has 0 bridgehead atoms. The van der Waals surface area contributed by atoms with Crippen molar-refractivity contribution < 1.29 is 4.79 Å². The van der Waals surface area contributed by atoms with E-state index in [1.807, 2.05) is 67.6 Å². The predicted octanol–water partition coefficient (Wildman–Crippen LogP) is 3.48. The number of pyridine rings is 1. The Morgan fingerprint density at radius 2 is 1.79 bits per heavy atom. The van der Waals surface area contributed by atoms with Gasteiger partial charge < -0.3 is 5.32 Å². The van der Waals surface area contributed by atoms with Gasteiger partial charge in [0.2, 0.25) is 0 Å². The maximum atomic E-state index is 13.1. The quantitative estimate of drug-likeness (QED) is 0.383. The second-order valence-electron chi connectivity index (χ2n) is 8.08. The minimum atomic E-state index is -0.207. The van der Waals surface area contributed by atoms with Gasteiger partial charge in [0.25, 0.3) is 5.91 Å². The number of hydrogen-bond donors (Lipinski definition) is 1. The summed E-state index contributed by atoms with van der Waals surface area (Å²) in [5.74, 6) is -0.207. The van der Waals surface area contributed by atoms with E-state index in [2.05, 4.69) is 10.4 Å². The number of hydrogen-bond acceptors (Lipinski definition) is 4. The highest BCUT2D eigenvalue weighted by atomic mass is 16.2. The van der Waals surface area contributed by atoms with Crippen molar-refractivity contribution in [2.24, 2.45) is 0 Å². The second-order valence-corrected chi connectivity index (χ2v) is 8.08. The molecule has 170 valence electrons. The molecule has 0 spiro atoms. The minimum absolute atomic E-state index is 0.187.